The van der Waals surface area contributed by atoms with E-state index in [-0.39, 0.29) is 5.91 Å². The van der Waals surface area contributed by atoms with Crippen molar-refractivity contribution >= 4 is 50.0 Å². The molecular weight excluding hydrogens is 488 g/mol. The second kappa shape index (κ2) is 8.93. The van der Waals surface area contributed by atoms with E-state index in [1.165, 1.54) is 0 Å². The van der Waals surface area contributed by atoms with Gasteiger partial charge in [0.25, 0.3) is 5.91 Å². The van der Waals surface area contributed by atoms with E-state index in [2.05, 4.69) is 27.3 Å². The Bertz CT molecular complexity index is 1350. The highest BCUT2D eigenvalue weighted by Gasteiger charge is 2.17. The van der Waals surface area contributed by atoms with Gasteiger partial charge in [-0.3, -0.25) is 4.79 Å². The van der Waals surface area contributed by atoms with E-state index >= 15 is 0 Å². The number of halogens is 2. The fraction of sp³-hybridized carbons (Fsp3) is 0.154. The van der Waals surface area contributed by atoms with Crippen LogP contribution in [0.3, 0.4) is 0 Å². The molecule has 4 aromatic rings. The molecule has 32 heavy (non-hydrogen) atoms. The molecule has 3 aromatic carbocycles. The minimum atomic E-state index is -0.210. The third kappa shape index (κ3) is 4.36. The van der Waals surface area contributed by atoms with Gasteiger partial charge in [-0.15, -0.1) is 0 Å². The van der Waals surface area contributed by atoms with Crippen molar-refractivity contribution in [3.05, 3.63) is 86.3 Å². The van der Waals surface area contributed by atoms with E-state index in [1.807, 2.05) is 63.2 Å². The zero-order chi connectivity index (χ0) is 23.0. The Labute approximate surface area is 200 Å². The Balaban J connectivity index is 1.86. The van der Waals surface area contributed by atoms with Crippen molar-refractivity contribution in [2.45, 2.75) is 20.8 Å². The second-order valence-corrected chi connectivity index (χ2v) is 9.06. The minimum Gasteiger partial charge on any atom is -0.497 e. The molecule has 4 nitrogen and oxygen atoms in total. The Morgan fingerprint density at radius 3 is 2.41 bits per heavy atom. The molecule has 0 saturated heterocycles. The number of pyridine rings is 1. The number of nitrogens with one attached hydrogen (secondary N) is 1. The summed E-state index contributed by atoms with van der Waals surface area (Å²) in [5, 5.41) is 4.39. The van der Waals surface area contributed by atoms with Crippen molar-refractivity contribution in [1.82, 2.24) is 4.98 Å². The van der Waals surface area contributed by atoms with Crippen molar-refractivity contribution in [1.29, 1.82) is 0 Å². The monoisotopic (exact) mass is 508 g/mol. The molecule has 162 valence electrons. The summed E-state index contributed by atoms with van der Waals surface area (Å²) in [5.41, 5.74) is 6.68. The number of aryl methyl sites for hydroxylation is 3. The van der Waals surface area contributed by atoms with Crippen LogP contribution in [0.25, 0.3) is 22.2 Å². The largest absolute Gasteiger partial charge is 0.497 e. The lowest BCUT2D eigenvalue weighted by molar-refractivity contribution is 0.102. The maximum Gasteiger partial charge on any atom is 0.256 e. The molecular formula is C26H22BrClN2O2. The molecule has 1 N–H and O–H groups in total. The summed E-state index contributed by atoms with van der Waals surface area (Å²) < 4.78 is 6.06. The van der Waals surface area contributed by atoms with E-state index in [1.54, 1.807) is 13.2 Å². The third-order valence-electron chi connectivity index (χ3n) is 5.39. The zero-order valence-corrected chi connectivity index (χ0v) is 20.6. The molecule has 0 saturated carbocycles. The van der Waals surface area contributed by atoms with Crippen molar-refractivity contribution in [2.75, 3.05) is 12.4 Å². The van der Waals surface area contributed by atoms with E-state index in [4.69, 9.17) is 21.3 Å². The smallest absolute Gasteiger partial charge is 0.256 e. The fourth-order valence-corrected chi connectivity index (χ4v) is 4.37. The Morgan fingerprint density at radius 1 is 1.00 bits per heavy atom. The molecule has 0 spiro atoms. The van der Waals surface area contributed by atoms with E-state index in [9.17, 15) is 4.79 Å². The first-order valence-electron chi connectivity index (χ1n) is 10.1. The molecule has 0 aliphatic rings. The summed E-state index contributed by atoms with van der Waals surface area (Å²) >= 11 is 9.69. The molecule has 0 unspecified atom stereocenters. The van der Waals surface area contributed by atoms with Crippen molar-refractivity contribution in [2.24, 2.45) is 0 Å². The van der Waals surface area contributed by atoms with Gasteiger partial charge in [-0.25, -0.2) is 4.98 Å². The van der Waals surface area contributed by atoms with Gasteiger partial charge in [0.05, 0.1) is 28.9 Å². The van der Waals surface area contributed by atoms with Gasteiger partial charge in [-0.1, -0.05) is 23.2 Å². The molecule has 1 aromatic heterocycles. The second-order valence-electron chi connectivity index (χ2n) is 7.80. The van der Waals surface area contributed by atoms with Gasteiger partial charge in [0.2, 0.25) is 0 Å². The van der Waals surface area contributed by atoms with Crippen LogP contribution in [-0.2, 0) is 0 Å². The highest BCUT2D eigenvalue weighted by Crippen LogP contribution is 2.32. The highest BCUT2D eigenvalue weighted by molar-refractivity contribution is 9.10. The molecule has 1 amide bonds. The van der Waals surface area contributed by atoms with Gasteiger partial charge in [-0.05, 0) is 96.4 Å². The maximum atomic E-state index is 13.5. The summed E-state index contributed by atoms with van der Waals surface area (Å²) in [6.45, 7) is 5.96. The number of nitrogens with zero attached hydrogens (tertiary/aromatic N) is 1. The maximum absolute atomic E-state index is 13.5. The molecule has 0 aliphatic heterocycles. The van der Waals surface area contributed by atoms with Crippen LogP contribution in [0.1, 0.15) is 27.0 Å². The number of hydrogen-bond acceptors (Lipinski definition) is 3. The third-order valence-corrected chi connectivity index (χ3v) is 6.59. The lowest BCUT2D eigenvalue weighted by Crippen LogP contribution is -2.14. The molecule has 0 fully saturated rings. The van der Waals surface area contributed by atoms with E-state index in [0.29, 0.717) is 16.3 Å². The molecule has 0 aliphatic carbocycles. The molecule has 0 bridgehead atoms. The van der Waals surface area contributed by atoms with Crippen LogP contribution in [0.15, 0.2) is 59.1 Å². The predicted octanol–water partition coefficient (Wildman–Crippen LogP) is 7.50. The van der Waals surface area contributed by atoms with E-state index < -0.39 is 0 Å². The first-order valence-corrected chi connectivity index (χ1v) is 11.3. The fourth-order valence-electron chi connectivity index (χ4n) is 3.75. The van der Waals surface area contributed by atoms with Gasteiger partial charge < -0.3 is 10.1 Å². The minimum absolute atomic E-state index is 0.210. The summed E-state index contributed by atoms with van der Waals surface area (Å²) in [7, 11) is 1.63. The topological polar surface area (TPSA) is 51.2 Å². The number of hydrogen-bond donors (Lipinski definition) is 1. The number of ether oxygens (including phenoxy) is 1. The molecule has 1 heterocycles. The van der Waals surface area contributed by atoms with Crippen molar-refractivity contribution in [3.63, 3.8) is 0 Å². The van der Waals surface area contributed by atoms with Crippen LogP contribution in [-0.4, -0.2) is 18.0 Å². The molecule has 0 radical (unpaired) electrons. The number of benzene rings is 3. The Morgan fingerprint density at radius 2 is 1.72 bits per heavy atom. The summed E-state index contributed by atoms with van der Waals surface area (Å²) in [5.74, 6) is 0.556. The number of carbonyl (C=O) groups excluding carboxylic acids is 1. The number of rotatable bonds is 4. The lowest BCUT2D eigenvalue weighted by Gasteiger charge is -2.14. The number of aromatic nitrogens is 1. The number of fused-ring (bicyclic) bond motifs is 1. The first-order chi connectivity index (χ1) is 15.3. The van der Waals surface area contributed by atoms with Gasteiger partial charge in [0.15, 0.2) is 0 Å². The highest BCUT2D eigenvalue weighted by atomic mass is 79.9. The predicted molar refractivity (Wildman–Crippen MR) is 135 cm³/mol. The average molecular weight is 510 g/mol. The number of anilines is 1. The van der Waals surface area contributed by atoms with Crippen LogP contribution in [0.2, 0.25) is 5.02 Å². The Kier molecular flexibility index (Phi) is 6.22. The molecule has 0 atom stereocenters. The van der Waals surface area contributed by atoms with Crippen molar-refractivity contribution < 1.29 is 9.53 Å². The average Bonchev–Trinajstić information content (AvgIpc) is 2.77. The summed E-state index contributed by atoms with van der Waals surface area (Å²) in [6.07, 6.45) is 0. The van der Waals surface area contributed by atoms with Crippen LogP contribution in [0, 0.1) is 20.8 Å². The van der Waals surface area contributed by atoms with Crippen LogP contribution in [0.5, 0.6) is 5.75 Å². The Hall–Kier alpha value is -2.89. The number of amides is 1. The van der Waals surface area contributed by atoms with Crippen molar-refractivity contribution in [3.8, 4) is 17.0 Å². The SMILES string of the molecule is COc1ccc(-c2cc(C(=O)Nc3cc(Cl)c(Br)cc3C)c3cc(C)cc(C)c3n2)cc1. The van der Waals surface area contributed by atoms with Gasteiger partial charge in [0.1, 0.15) is 5.75 Å². The van der Waals surface area contributed by atoms with Gasteiger partial charge in [0, 0.05) is 21.1 Å². The van der Waals surface area contributed by atoms with Crippen LogP contribution in [0.4, 0.5) is 5.69 Å². The summed E-state index contributed by atoms with van der Waals surface area (Å²) in [4.78, 5) is 18.4. The van der Waals surface area contributed by atoms with Crippen LogP contribution < -0.4 is 10.1 Å². The standard InChI is InChI=1S/C26H22BrClN2O2/c1-14-9-16(3)25-19(10-14)20(12-24(29-25)17-5-7-18(32-4)8-6-17)26(31)30-23-13-22(28)21(27)11-15(23)2/h5-13H,1-4H3,(H,30,31). The number of methoxy groups -OCH3 is 1. The quantitative estimate of drug-likeness (QED) is 0.310. The molecule has 6 heteroatoms. The van der Waals surface area contributed by atoms with Gasteiger partial charge in [-0.2, -0.15) is 0 Å². The lowest BCUT2D eigenvalue weighted by atomic mass is 9.99. The normalized spacial score (nSPS) is 10.9. The molecule has 4 rings (SSSR count). The first kappa shape index (κ1) is 22.3. The van der Waals surface area contributed by atoms with Crippen LogP contribution >= 0.6 is 27.5 Å². The number of carbonyl (C=O) groups is 1. The van der Waals surface area contributed by atoms with E-state index in [0.717, 1.165) is 49.1 Å². The zero-order valence-electron chi connectivity index (χ0n) is 18.2. The van der Waals surface area contributed by atoms with Gasteiger partial charge >= 0.3 is 0 Å². The summed E-state index contributed by atoms with van der Waals surface area (Å²) in [6, 6.07) is 17.2.